The van der Waals surface area contributed by atoms with Crippen LogP contribution in [0.15, 0.2) is 54.6 Å². The van der Waals surface area contributed by atoms with Crippen LogP contribution >= 0.6 is 0 Å². The van der Waals surface area contributed by atoms with Gasteiger partial charge in [-0.25, -0.2) is 0 Å². The van der Waals surface area contributed by atoms with Gasteiger partial charge in [-0.2, -0.15) is 0 Å². The number of hydrogen-bond acceptors (Lipinski definition) is 3. The molecule has 3 N–H and O–H groups in total. The lowest BCUT2D eigenvalue weighted by molar-refractivity contribution is -0.134. The number of nitrogens with two attached hydrogens (primary N) is 1. The summed E-state index contributed by atoms with van der Waals surface area (Å²) in [7, 11) is 0. The Kier molecular flexibility index (Phi) is 6.82. The molecule has 0 spiro atoms. The Balaban J connectivity index is 1.53. The van der Waals surface area contributed by atoms with Gasteiger partial charge < -0.3 is 16.0 Å². The second-order valence-electron chi connectivity index (χ2n) is 7.35. The third kappa shape index (κ3) is 4.78. The van der Waals surface area contributed by atoms with E-state index < -0.39 is 0 Å². The SMILES string of the molecule is CCC(C(=O)N1CCC(NC(=O)c2ccc(CN)cc2)CC1)c1ccccc1. The zero-order valence-electron chi connectivity index (χ0n) is 16.4. The zero-order valence-corrected chi connectivity index (χ0v) is 16.4. The topological polar surface area (TPSA) is 75.4 Å². The number of rotatable bonds is 6. The number of benzene rings is 2. The van der Waals surface area contributed by atoms with Crippen LogP contribution in [0.5, 0.6) is 0 Å². The molecule has 2 aromatic rings. The Morgan fingerprint density at radius 1 is 1.07 bits per heavy atom. The van der Waals surface area contributed by atoms with Gasteiger partial charge in [-0.05, 0) is 42.5 Å². The molecule has 1 aliphatic heterocycles. The summed E-state index contributed by atoms with van der Waals surface area (Å²) >= 11 is 0. The average molecular weight is 380 g/mol. The lowest BCUT2D eigenvalue weighted by atomic mass is 9.93. The summed E-state index contributed by atoms with van der Waals surface area (Å²) in [6.07, 6.45) is 2.35. The van der Waals surface area contributed by atoms with E-state index in [0.717, 1.165) is 30.4 Å². The summed E-state index contributed by atoms with van der Waals surface area (Å²) in [5.74, 6) is 0.0355. The Hall–Kier alpha value is -2.66. The first-order valence-corrected chi connectivity index (χ1v) is 10.1. The largest absolute Gasteiger partial charge is 0.349 e. The lowest BCUT2D eigenvalue weighted by Crippen LogP contribution is -2.47. The molecule has 0 saturated carbocycles. The Morgan fingerprint density at radius 2 is 1.71 bits per heavy atom. The van der Waals surface area contributed by atoms with Gasteiger partial charge in [0.05, 0.1) is 5.92 Å². The molecule has 28 heavy (non-hydrogen) atoms. The van der Waals surface area contributed by atoms with Crippen LogP contribution < -0.4 is 11.1 Å². The van der Waals surface area contributed by atoms with Crippen LogP contribution in [0.3, 0.4) is 0 Å². The second-order valence-corrected chi connectivity index (χ2v) is 7.35. The summed E-state index contributed by atoms with van der Waals surface area (Å²) in [5, 5.41) is 3.10. The molecule has 1 unspecified atom stereocenters. The second kappa shape index (κ2) is 9.51. The highest BCUT2D eigenvalue weighted by molar-refractivity contribution is 5.94. The number of carbonyl (C=O) groups excluding carboxylic acids is 2. The van der Waals surface area contributed by atoms with Gasteiger partial charge in [0, 0.05) is 31.2 Å². The molecular formula is C23H29N3O2. The molecule has 0 aliphatic carbocycles. The molecule has 3 rings (SSSR count). The summed E-state index contributed by atoms with van der Waals surface area (Å²) in [5.41, 5.74) is 8.32. The molecule has 1 saturated heterocycles. The molecule has 1 heterocycles. The predicted molar refractivity (Wildman–Crippen MR) is 111 cm³/mol. The van der Waals surface area contributed by atoms with Gasteiger partial charge in [0.1, 0.15) is 0 Å². The molecule has 1 atom stereocenters. The average Bonchev–Trinajstić information content (AvgIpc) is 2.75. The van der Waals surface area contributed by atoms with Crippen LogP contribution in [0.4, 0.5) is 0 Å². The molecular weight excluding hydrogens is 350 g/mol. The van der Waals surface area contributed by atoms with E-state index in [1.54, 1.807) is 0 Å². The van der Waals surface area contributed by atoms with E-state index in [2.05, 4.69) is 12.2 Å². The fraction of sp³-hybridized carbons (Fsp3) is 0.391. The highest BCUT2D eigenvalue weighted by Gasteiger charge is 2.28. The van der Waals surface area contributed by atoms with Gasteiger partial charge >= 0.3 is 0 Å². The van der Waals surface area contributed by atoms with E-state index in [-0.39, 0.29) is 23.8 Å². The monoisotopic (exact) mass is 379 g/mol. The van der Waals surface area contributed by atoms with Gasteiger partial charge in [0.2, 0.25) is 5.91 Å². The summed E-state index contributed by atoms with van der Waals surface area (Å²) in [6, 6.07) is 17.4. The van der Waals surface area contributed by atoms with Gasteiger partial charge in [0.25, 0.3) is 5.91 Å². The highest BCUT2D eigenvalue weighted by atomic mass is 16.2. The number of nitrogens with one attached hydrogen (secondary N) is 1. The zero-order chi connectivity index (χ0) is 19.9. The number of likely N-dealkylation sites (tertiary alicyclic amines) is 1. The van der Waals surface area contributed by atoms with E-state index in [0.29, 0.717) is 25.2 Å². The number of nitrogens with zero attached hydrogens (tertiary/aromatic N) is 1. The standard InChI is InChI=1S/C23H29N3O2/c1-2-21(18-6-4-3-5-7-18)23(28)26-14-12-20(13-15-26)25-22(27)19-10-8-17(16-24)9-11-19/h3-11,20-21H,2,12-16,24H2,1H3,(H,25,27). The van der Waals surface area contributed by atoms with E-state index in [9.17, 15) is 9.59 Å². The number of piperidine rings is 1. The van der Waals surface area contributed by atoms with Crippen molar-refractivity contribution in [1.29, 1.82) is 0 Å². The fourth-order valence-electron chi connectivity index (χ4n) is 3.76. The lowest BCUT2D eigenvalue weighted by Gasteiger charge is -2.34. The van der Waals surface area contributed by atoms with Gasteiger partial charge in [-0.3, -0.25) is 9.59 Å². The van der Waals surface area contributed by atoms with Crippen molar-refractivity contribution >= 4 is 11.8 Å². The first-order chi connectivity index (χ1) is 13.6. The van der Waals surface area contributed by atoms with Crippen LogP contribution in [0, 0.1) is 0 Å². The molecule has 1 fully saturated rings. The van der Waals surface area contributed by atoms with Crippen molar-refractivity contribution < 1.29 is 9.59 Å². The van der Waals surface area contributed by atoms with Crippen LogP contribution in [-0.2, 0) is 11.3 Å². The van der Waals surface area contributed by atoms with E-state index in [1.807, 2.05) is 59.5 Å². The van der Waals surface area contributed by atoms with Crippen molar-refractivity contribution in [3.63, 3.8) is 0 Å². The minimum atomic E-state index is -0.0894. The third-order valence-corrected chi connectivity index (χ3v) is 5.50. The normalized spacial score (nSPS) is 15.9. The molecule has 2 amide bonds. The maximum absolute atomic E-state index is 13.0. The van der Waals surface area contributed by atoms with E-state index in [4.69, 9.17) is 5.73 Å². The third-order valence-electron chi connectivity index (χ3n) is 5.50. The maximum atomic E-state index is 13.0. The van der Waals surface area contributed by atoms with Crippen LogP contribution in [0.2, 0.25) is 0 Å². The smallest absolute Gasteiger partial charge is 0.251 e. The Morgan fingerprint density at radius 3 is 2.29 bits per heavy atom. The Bertz CT molecular complexity index is 781. The maximum Gasteiger partial charge on any atom is 0.251 e. The van der Waals surface area contributed by atoms with Crippen molar-refractivity contribution in [3.05, 3.63) is 71.3 Å². The van der Waals surface area contributed by atoms with Crippen molar-refractivity contribution in [2.75, 3.05) is 13.1 Å². The summed E-state index contributed by atoms with van der Waals surface area (Å²) in [4.78, 5) is 27.4. The van der Waals surface area contributed by atoms with Gasteiger partial charge in [-0.1, -0.05) is 49.4 Å². The molecule has 148 valence electrons. The van der Waals surface area contributed by atoms with Crippen LogP contribution in [0.25, 0.3) is 0 Å². The van der Waals surface area contributed by atoms with Gasteiger partial charge in [-0.15, -0.1) is 0 Å². The van der Waals surface area contributed by atoms with E-state index >= 15 is 0 Å². The molecule has 5 heteroatoms. The first-order valence-electron chi connectivity index (χ1n) is 10.1. The minimum Gasteiger partial charge on any atom is -0.349 e. The molecule has 0 aromatic heterocycles. The Labute approximate surface area is 166 Å². The van der Waals surface area contributed by atoms with E-state index in [1.165, 1.54) is 0 Å². The van der Waals surface area contributed by atoms with Crippen molar-refractivity contribution in [3.8, 4) is 0 Å². The molecule has 2 aromatic carbocycles. The van der Waals surface area contributed by atoms with Crippen molar-refractivity contribution in [1.82, 2.24) is 10.2 Å². The summed E-state index contributed by atoms with van der Waals surface area (Å²) in [6.45, 7) is 3.88. The van der Waals surface area contributed by atoms with Crippen molar-refractivity contribution in [2.45, 2.75) is 44.7 Å². The highest BCUT2D eigenvalue weighted by Crippen LogP contribution is 2.24. The number of carbonyl (C=O) groups is 2. The number of amides is 2. The quantitative estimate of drug-likeness (QED) is 0.810. The van der Waals surface area contributed by atoms with Gasteiger partial charge in [0.15, 0.2) is 0 Å². The minimum absolute atomic E-state index is 0.0657. The number of hydrogen-bond donors (Lipinski definition) is 2. The first kappa shape index (κ1) is 20.1. The fourth-order valence-corrected chi connectivity index (χ4v) is 3.76. The van der Waals surface area contributed by atoms with Crippen LogP contribution in [0.1, 0.15) is 53.6 Å². The summed E-state index contributed by atoms with van der Waals surface area (Å²) < 4.78 is 0. The molecule has 0 radical (unpaired) electrons. The predicted octanol–water partition coefficient (Wildman–Crippen LogP) is 3.06. The molecule has 1 aliphatic rings. The molecule has 5 nitrogen and oxygen atoms in total. The van der Waals surface area contributed by atoms with Crippen LogP contribution in [-0.4, -0.2) is 35.8 Å². The van der Waals surface area contributed by atoms with Crippen molar-refractivity contribution in [2.24, 2.45) is 5.73 Å². The molecule has 0 bridgehead atoms.